The molecule has 1 aliphatic rings. The van der Waals surface area contributed by atoms with E-state index in [1.54, 1.807) is 12.1 Å². The number of carbonyl (C=O) groups is 4. The second kappa shape index (κ2) is 11.0. The Morgan fingerprint density at radius 3 is 2.43 bits per heavy atom. The Bertz CT molecular complexity index is 1140. The predicted molar refractivity (Wildman–Crippen MR) is 120 cm³/mol. The summed E-state index contributed by atoms with van der Waals surface area (Å²) in [6.07, 6.45) is -0.486. The van der Waals surface area contributed by atoms with Crippen LogP contribution in [0.3, 0.4) is 0 Å². The summed E-state index contributed by atoms with van der Waals surface area (Å²) in [5.74, 6) is -8.18. The van der Waals surface area contributed by atoms with Crippen LogP contribution in [0.4, 0.5) is 24.5 Å². The van der Waals surface area contributed by atoms with Crippen LogP contribution in [-0.4, -0.2) is 42.9 Å². The van der Waals surface area contributed by atoms with E-state index < -0.39 is 59.5 Å². The smallest absolute Gasteiger partial charge is 0.312 e. The number of anilines is 2. The molecule has 1 fully saturated rings. The van der Waals surface area contributed by atoms with E-state index in [9.17, 15) is 32.3 Å². The van der Waals surface area contributed by atoms with Gasteiger partial charge in [-0.15, -0.1) is 0 Å². The van der Waals surface area contributed by atoms with Gasteiger partial charge in [-0.25, -0.2) is 13.2 Å². The van der Waals surface area contributed by atoms with Gasteiger partial charge in [0.25, 0.3) is 5.91 Å². The maximum absolute atomic E-state index is 13.6. The second-order valence-corrected chi connectivity index (χ2v) is 7.99. The third kappa shape index (κ3) is 6.17. The third-order valence-corrected chi connectivity index (χ3v) is 5.51. The molecule has 2 aromatic rings. The van der Waals surface area contributed by atoms with Gasteiger partial charge in [0, 0.05) is 18.7 Å². The fraction of sp³-hybridized carbons (Fsp3) is 0.333. The Morgan fingerprint density at radius 2 is 1.77 bits per heavy atom. The Balaban J connectivity index is 1.48. The average molecular weight is 491 g/mol. The van der Waals surface area contributed by atoms with Gasteiger partial charge in [0.05, 0.1) is 18.2 Å². The summed E-state index contributed by atoms with van der Waals surface area (Å²) in [5.41, 5.74) is 1.18. The summed E-state index contributed by atoms with van der Waals surface area (Å²) in [4.78, 5) is 50.5. The maximum Gasteiger partial charge on any atom is 0.312 e. The molecule has 0 saturated carbocycles. The van der Waals surface area contributed by atoms with Gasteiger partial charge in [-0.1, -0.05) is 19.1 Å². The molecule has 2 unspecified atom stereocenters. The van der Waals surface area contributed by atoms with E-state index >= 15 is 0 Å². The van der Waals surface area contributed by atoms with E-state index in [1.165, 1.54) is 11.8 Å². The van der Waals surface area contributed by atoms with Crippen molar-refractivity contribution in [2.45, 2.75) is 32.8 Å². The molecule has 2 N–H and O–H groups in total. The van der Waals surface area contributed by atoms with Crippen LogP contribution in [0.2, 0.25) is 0 Å². The zero-order chi connectivity index (χ0) is 25.7. The van der Waals surface area contributed by atoms with Crippen molar-refractivity contribution in [3.63, 3.8) is 0 Å². The topological polar surface area (TPSA) is 105 Å². The van der Waals surface area contributed by atoms with E-state index in [4.69, 9.17) is 4.74 Å². The van der Waals surface area contributed by atoms with Crippen LogP contribution in [0.15, 0.2) is 36.4 Å². The lowest BCUT2D eigenvalue weighted by atomic mass is 10.1. The van der Waals surface area contributed by atoms with Crippen molar-refractivity contribution < 1.29 is 37.1 Å². The minimum atomic E-state index is -1.74. The van der Waals surface area contributed by atoms with Crippen molar-refractivity contribution in [1.82, 2.24) is 5.32 Å². The zero-order valence-electron chi connectivity index (χ0n) is 19.1. The molecule has 35 heavy (non-hydrogen) atoms. The number of esters is 1. The van der Waals surface area contributed by atoms with E-state index in [0.717, 1.165) is 18.1 Å². The highest BCUT2D eigenvalue weighted by molar-refractivity contribution is 6.00. The fourth-order valence-corrected chi connectivity index (χ4v) is 3.48. The number of benzene rings is 2. The number of ether oxygens (including phenoxy) is 1. The number of amides is 3. The Labute approximate surface area is 199 Å². The molecular formula is C24H24F3N3O5. The molecule has 0 bridgehead atoms. The Hall–Kier alpha value is -3.89. The molecule has 3 amide bonds. The highest BCUT2D eigenvalue weighted by atomic mass is 19.2. The molecular weight excluding hydrogens is 467 g/mol. The summed E-state index contributed by atoms with van der Waals surface area (Å²) in [7, 11) is 0. The van der Waals surface area contributed by atoms with Gasteiger partial charge in [0.15, 0.2) is 23.6 Å². The number of halogens is 3. The van der Waals surface area contributed by atoms with Crippen molar-refractivity contribution in [1.29, 1.82) is 0 Å². The molecule has 11 heteroatoms. The fourth-order valence-electron chi connectivity index (χ4n) is 3.48. The first-order valence-electron chi connectivity index (χ1n) is 10.9. The van der Waals surface area contributed by atoms with E-state index in [0.29, 0.717) is 11.8 Å². The van der Waals surface area contributed by atoms with E-state index in [-0.39, 0.29) is 18.9 Å². The van der Waals surface area contributed by atoms with Gasteiger partial charge in [0.2, 0.25) is 11.8 Å². The molecule has 3 rings (SSSR count). The average Bonchev–Trinajstić information content (AvgIpc) is 3.24. The van der Waals surface area contributed by atoms with Crippen LogP contribution in [0.5, 0.6) is 0 Å². The van der Waals surface area contributed by atoms with Crippen molar-refractivity contribution in [3.8, 4) is 0 Å². The van der Waals surface area contributed by atoms with Gasteiger partial charge in [0.1, 0.15) is 0 Å². The van der Waals surface area contributed by atoms with Crippen LogP contribution in [-0.2, 0) is 30.3 Å². The summed E-state index contributed by atoms with van der Waals surface area (Å²) < 4.78 is 45.0. The van der Waals surface area contributed by atoms with Crippen molar-refractivity contribution in [2.75, 3.05) is 23.3 Å². The van der Waals surface area contributed by atoms with Gasteiger partial charge < -0.3 is 20.3 Å². The number of aryl methyl sites for hydroxylation is 1. The summed E-state index contributed by atoms with van der Waals surface area (Å²) >= 11 is 0. The van der Waals surface area contributed by atoms with Crippen LogP contribution < -0.4 is 15.5 Å². The number of carbonyl (C=O) groups excluding carboxylic acids is 4. The third-order valence-electron chi connectivity index (χ3n) is 5.51. The second-order valence-electron chi connectivity index (χ2n) is 7.99. The standard InChI is InChI=1S/C24H24F3N3O5/c1-3-14-4-6-16(7-5-14)30-12-15(10-20(30)32)24(34)35-13(2)23(33)28-11-19(31)29-18-9-8-17(25)21(26)22(18)27/h4-9,13,15H,3,10-12H2,1-2H3,(H,28,33)(H,29,31). The number of hydrogen-bond donors (Lipinski definition) is 2. The molecule has 1 saturated heterocycles. The molecule has 0 aromatic heterocycles. The lowest BCUT2D eigenvalue weighted by Crippen LogP contribution is -2.41. The quantitative estimate of drug-likeness (QED) is 0.437. The Morgan fingerprint density at radius 1 is 1.09 bits per heavy atom. The van der Waals surface area contributed by atoms with Gasteiger partial charge in [-0.3, -0.25) is 19.2 Å². The summed E-state index contributed by atoms with van der Waals surface area (Å²) in [6, 6.07) is 8.89. The molecule has 8 nitrogen and oxygen atoms in total. The zero-order valence-corrected chi connectivity index (χ0v) is 19.1. The molecule has 1 heterocycles. The molecule has 186 valence electrons. The van der Waals surface area contributed by atoms with Gasteiger partial charge >= 0.3 is 5.97 Å². The largest absolute Gasteiger partial charge is 0.452 e. The van der Waals surface area contributed by atoms with E-state index in [2.05, 4.69) is 5.32 Å². The number of hydrogen-bond acceptors (Lipinski definition) is 5. The molecule has 0 aliphatic carbocycles. The molecule has 0 spiro atoms. The lowest BCUT2D eigenvalue weighted by molar-refractivity contribution is -0.158. The number of rotatable bonds is 8. The van der Waals surface area contributed by atoms with E-state index in [1.807, 2.05) is 24.4 Å². The highest BCUT2D eigenvalue weighted by Gasteiger charge is 2.37. The van der Waals surface area contributed by atoms with Gasteiger partial charge in [-0.05, 0) is 43.2 Å². The van der Waals surface area contributed by atoms with Crippen molar-refractivity contribution in [2.24, 2.45) is 5.92 Å². The van der Waals surface area contributed by atoms with Crippen LogP contribution in [0.1, 0.15) is 25.8 Å². The lowest BCUT2D eigenvalue weighted by Gasteiger charge is -2.18. The first-order chi connectivity index (χ1) is 16.6. The highest BCUT2D eigenvalue weighted by Crippen LogP contribution is 2.26. The number of nitrogens with zero attached hydrogens (tertiary/aromatic N) is 1. The molecule has 1 aliphatic heterocycles. The summed E-state index contributed by atoms with van der Waals surface area (Å²) in [6.45, 7) is 2.78. The first-order valence-corrected chi connectivity index (χ1v) is 10.9. The van der Waals surface area contributed by atoms with Gasteiger partial charge in [-0.2, -0.15) is 0 Å². The first kappa shape index (κ1) is 25.7. The predicted octanol–water partition coefficient (Wildman–Crippen LogP) is 2.71. The SMILES string of the molecule is CCc1ccc(N2CC(C(=O)OC(C)C(=O)NCC(=O)Nc3ccc(F)c(F)c3F)CC2=O)cc1. The van der Waals surface area contributed by atoms with Crippen LogP contribution >= 0.6 is 0 Å². The molecule has 2 aromatic carbocycles. The minimum Gasteiger partial charge on any atom is -0.452 e. The summed E-state index contributed by atoms with van der Waals surface area (Å²) in [5, 5.41) is 4.21. The number of nitrogens with one attached hydrogen (secondary N) is 2. The molecule has 0 radical (unpaired) electrons. The van der Waals surface area contributed by atoms with Crippen LogP contribution in [0.25, 0.3) is 0 Å². The molecule has 2 atom stereocenters. The van der Waals surface area contributed by atoms with Crippen molar-refractivity contribution in [3.05, 3.63) is 59.4 Å². The maximum atomic E-state index is 13.6. The van der Waals surface area contributed by atoms with Crippen LogP contribution in [0, 0.1) is 23.4 Å². The monoisotopic (exact) mass is 491 g/mol. The van der Waals surface area contributed by atoms with Crippen molar-refractivity contribution >= 4 is 35.1 Å². The minimum absolute atomic E-state index is 0.0646. The Kier molecular flexibility index (Phi) is 8.10. The normalized spacial score (nSPS) is 16.1.